The third-order valence-electron chi connectivity index (χ3n) is 4.23. The first-order valence-corrected chi connectivity index (χ1v) is 7.68. The summed E-state index contributed by atoms with van der Waals surface area (Å²) in [6, 6.07) is -6.02. The highest BCUT2D eigenvalue weighted by atomic mass is 16.5. The molecule has 2 nitrogen and oxygen atoms in total. The van der Waals surface area contributed by atoms with Crippen LogP contribution >= 0.6 is 0 Å². The number of hydrogen-bond donors (Lipinski definition) is 0. The molecule has 0 fully saturated rings. The first-order valence-electron chi connectivity index (χ1n) is 14.7. The van der Waals surface area contributed by atoms with Crippen molar-refractivity contribution in [3.8, 4) is 23.0 Å². The summed E-state index contributed by atoms with van der Waals surface area (Å²) in [6.07, 6.45) is 0. The normalized spacial score (nSPS) is 20.1. The molecule has 0 saturated heterocycles. The molecule has 3 aromatic rings. The fourth-order valence-electron chi connectivity index (χ4n) is 3.18. The minimum absolute atomic E-state index is 0.0197. The molecule has 3 heteroatoms. The van der Waals surface area contributed by atoms with Gasteiger partial charge >= 0.3 is 0 Å². The first kappa shape index (κ1) is 6.51. The summed E-state index contributed by atoms with van der Waals surface area (Å²) in [5, 5.41) is 0. The van der Waals surface area contributed by atoms with Crippen molar-refractivity contribution in [2.75, 3.05) is 0 Å². The van der Waals surface area contributed by atoms with Crippen molar-refractivity contribution in [3.05, 3.63) is 78.1 Å². The van der Waals surface area contributed by atoms with Crippen LogP contribution in [-0.4, -0.2) is 6.71 Å². The predicted octanol–water partition coefficient (Wildman–Crippen LogP) is 4.01. The number of rotatable bonds is 2. The molecular formula is C23H17BO2. The van der Waals surface area contributed by atoms with Gasteiger partial charge in [-0.1, -0.05) is 49.3 Å². The van der Waals surface area contributed by atoms with Gasteiger partial charge in [-0.3, -0.25) is 0 Å². The molecular weight excluding hydrogens is 319 g/mol. The largest absolute Gasteiger partial charge is 0.458 e. The fraction of sp³-hybridized carbons (Fsp3) is 0.0435. The van der Waals surface area contributed by atoms with Gasteiger partial charge in [0, 0.05) is 5.46 Å². The summed E-state index contributed by atoms with van der Waals surface area (Å²) in [4.78, 5) is 0. The van der Waals surface area contributed by atoms with E-state index in [1.165, 1.54) is 6.92 Å². The van der Waals surface area contributed by atoms with Gasteiger partial charge in [-0.2, -0.15) is 0 Å². The standard InChI is InChI=1S/C23H17BO2/c1-4-15-6-8-19-17(12-15)24-18-13-16(5-2)7-9-20(18)26-22-11-14(3)10-21(25-19)23(22)24/h4-13H,1-2H2,3H3/i1D2,2D2,4D,5D,6D,7D,8D,9D,10D,11D,12D,13D. The van der Waals surface area contributed by atoms with Crippen LogP contribution in [0.2, 0.25) is 0 Å². The topological polar surface area (TPSA) is 18.5 Å². The van der Waals surface area contributed by atoms with Gasteiger partial charge in [0.15, 0.2) is 0 Å². The van der Waals surface area contributed by atoms with Crippen molar-refractivity contribution in [3.63, 3.8) is 0 Å². The Morgan fingerprint density at radius 1 is 0.885 bits per heavy atom. The third-order valence-corrected chi connectivity index (χ3v) is 4.23. The van der Waals surface area contributed by atoms with E-state index in [0.717, 1.165) is 0 Å². The summed E-state index contributed by atoms with van der Waals surface area (Å²) < 4.78 is 128. The van der Waals surface area contributed by atoms with Gasteiger partial charge in [0.05, 0.1) is 19.2 Å². The van der Waals surface area contributed by atoms with Crippen molar-refractivity contribution < 1.29 is 28.7 Å². The lowest BCUT2D eigenvalue weighted by atomic mass is 9.34. The molecule has 0 aliphatic carbocycles. The lowest BCUT2D eigenvalue weighted by Gasteiger charge is -2.33. The lowest BCUT2D eigenvalue weighted by Crippen LogP contribution is -2.57. The zero-order valence-electron chi connectivity index (χ0n) is 27.4. The maximum absolute atomic E-state index is 8.93. The first-order chi connectivity index (χ1) is 18.6. The smallest absolute Gasteiger partial charge is 0.260 e. The average Bonchev–Trinajstić information content (AvgIpc) is 2.90. The van der Waals surface area contributed by atoms with Crippen LogP contribution in [0.25, 0.3) is 12.1 Å². The Morgan fingerprint density at radius 3 is 1.92 bits per heavy atom. The predicted molar refractivity (Wildman–Crippen MR) is 109 cm³/mol. The van der Waals surface area contributed by atoms with Crippen molar-refractivity contribution in [1.82, 2.24) is 0 Å². The van der Waals surface area contributed by atoms with Crippen LogP contribution in [0.4, 0.5) is 0 Å². The summed E-state index contributed by atoms with van der Waals surface area (Å²) in [7, 11) is 0. The second kappa shape index (κ2) is 5.40. The molecule has 0 amide bonds. The Kier molecular flexibility index (Phi) is 1.35. The molecule has 5 rings (SSSR count). The lowest BCUT2D eigenvalue weighted by molar-refractivity contribution is 0.464. The molecule has 0 N–H and O–H groups in total. The fourth-order valence-corrected chi connectivity index (χ4v) is 3.18. The summed E-state index contributed by atoms with van der Waals surface area (Å²) in [5.74, 6) is -1.15. The maximum Gasteiger partial charge on any atom is 0.260 e. The van der Waals surface area contributed by atoms with Crippen LogP contribution in [0.1, 0.15) is 35.9 Å². The van der Waals surface area contributed by atoms with Crippen molar-refractivity contribution >= 4 is 35.2 Å². The Labute approximate surface area is 173 Å². The van der Waals surface area contributed by atoms with Gasteiger partial charge in [0.1, 0.15) is 23.0 Å². The third kappa shape index (κ3) is 2.07. The van der Waals surface area contributed by atoms with E-state index in [-0.39, 0.29) is 57.0 Å². The van der Waals surface area contributed by atoms with Gasteiger partial charge in [-0.05, 0) is 58.7 Å². The van der Waals surface area contributed by atoms with Crippen LogP contribution in [0, 0.1) is 6.92 Å². The van der Waals surface area contributed by atoms with Gasteiger partial charge in [0.2, 0.25) is 0 Å². The quantitative estimate of drug-likeness (QED) is 0.448. The molecule has 0 bridgehead atoms. The highest BCUT2D eigenvalue weighted by molar-refractivity contribution is 6.98. The van der Waals surface area contributed by atoms with E-state index in [1.54, 1.807) is 0 Å². The second-order valence-corrected chi connectivity index (χ2v) is 5.82. The van der Waals surface area contributed by atoms with Crippen LogP contribution in [-0.2, 0) is 0 Å². The number of benzene rings is 3. The summed E-state index contributed by atoms with van der Waals surface area (Å²) in [5.41, 5.74) is -1.42. The molecule has 124 valence electrons. The van der Waals surface area contributed by atoms with E-state index in [4.69, 9.17) is 28.7 Å². The van der Waals surface area contributed by atoms with Gasteiger partial charge in [0.25, 0.3) is 6.71 Å². The number of ether oxygens (including phenoxy) is 2. The maximum atomic E-state index is 8.93. The average molecular weight is 350 g/mol. The molecule has 0 radical (unpaired) electrons. The molecule has 0 unspecified atom stereocenters. The van der Waals surface area contributed by atoms with E-state index in [2.05, 4.69) is 0 Å². The summed E-state index contributed by atoms with van der Waals surface area (Å²) >= 11 is 0. The minimum Gasteiger partial charge on any atom is -0.458 e. The Bertz CT molecular complexity index is 1630. The molecule has 0 aromatic heterocycles. The molecule has 2 heterocycles. The zero-order valence-corrected chi connectivity index (χ0v) is 13.4. The Hall–Kier alpha value is -3.20. The highest BCUT2D eigenvalue weighted by Gasteiger charge is 2.40. The summed E-state index contributed by atoms with van der Waals surface area (Å²) in [6.45, 7) is -1.99. The monoisotopic (exact) mass is 350 g/mol. The number of fused-ring (bicyclic) bond motifs is 4. The van der Waals surface area contributed by atoms with Crippen molar-refractivity contribution in [2.45, 2.75) is 6.92 Å². The Morgan fingerprint density at radius 2 is 1.42 bits per heavy atom. The Balaban J connectivity index is 2.04. The zero-order chi connectivity index (χ0) is 29.7. The SMILES string of the molecule is [2H]C([2H])=C([2H])c1c([2H])c([2H])c2c(c1[2H])B1c3c([2H])c(C([2H])=C([2H])[2H])c([2H])c([2H])c3Oc3c([2H])c(C)c([2H])c(c31)O2. The molecule has 2 aliphatic rings. The van der Waals surface area contributed by atoms with Crippen LogP contribution < -0.4 is 25.9 Å². The molecule has 26 heavy (non-hydrogen) atoms. The molecule has 0 atom stereocenters. The van der Waals surface area contributed by atoms with E-state index in [1.807, 2.05) is 0 Å². The van der Waals surface area contributed by atoms with Gasteiger partial charge in [-0.25, -0.2) is 0 Å². The molecule has 0 saturated carbocycles. The van der Waals surface area contributed by atoms with Crippen LogP contribution in [0.3, 0.4) is 0 Å². The molecule has 3 aromatic carbocycles. The van der Waals surface area contributed by atoms with E-state index in [9.17, 15) is 0 Å². The van der Waals surface area contributed by atoms with E-state index in [0.29, 0.717) is 0 Å². The van der Waals surface area contributed by atoms with Crippen LogP contribution in [0.5, 0.6) is 23.0 Å². The highest BCUT2D eigenvalue weighted by Crippen LogP contribution is 2.35. The van der Waals surface area contributed by atoms with E-state index >= 15 is 0 Å². The van der Waals surface area contributed by atoms with Crippen molar-refractivity contribution in [1.29, 1.82) is 0 Å². The van der Waals surface area contributed by atoms with Gasteiger partial charge in [-0.15, -0.1) is 0 Å². The second-order valence-electron chi connectivity index (χ2n) is 5.82. The van der Waals surface area contributed by atoms with Crippen LogP contribution in [0.15, 0.2) is 61.4 Å². The minimum atomic E-state index is -1.39. The van der Waals surface area contributed by atoms with Crippen molar-refractivity contribution in [2.24, 2.45) is 0 Å². The van der Waals surface area contributed by atoms with E-state index < -0.39 is 79.3 Å². The molecule has 2 aliphatic heterocycles. The van der Waals surface area contributed by atoms with Gasteiger partial charge < -0.3 is 9.47 Å². The molecule has 0 spiro atoms. The number of hydrogen-bond acceptors (Lipinski definition) is 2.